The first-order valence-corrected chi connectivity index (χ1v) is 15.0. The number of benzene rings is 1. The van der Waals surface area contributed by atoms with Crippen molar-refractivity contribution in [3.8, 4) is 0 Å². The molecule has 1 spiro atoms. The Bertz CT molecular complexity index is 1130. The van der Waals surface area contributed by atoms with Gasteiger partial charge in [-0.15, -0.1) is 0 Å². The normalized spacial score (nSPS) is 20.6. The highest BCUT2D eigenvalue weighted by Gasteiger charge is 2.48. The molecular formula is C27H40N4O5S. The summed E-state index contributed by atoms with van der Waals surface area (Å²) in [7, 11) is -1.91. The van der Waals surface area contributed by atoms with Gasteiger partial charge in [-0.3, -0.25) is 14.6 Å². The molecule has 9 nitrogen and oxygen atoms in total. The Morgan fingerprint density at radius 1 is 1.16 bits per heavy atom. The Morgan fingerprint density at radius 2 is 1.81 bits per heavy atom. The van der Waals surface area contributed by atoms with E-state index in [0.29, 0.717) is 57.0 Å². The van der Waals surface area contributed by atoms with E-state index in [4.69, 9.17) is 9.73 Å². The monoisotopic (exact) mass is 532 g/mol. The van der Waals surface area contributed by atoms with E-state index < -0.39 is 15.6 Å². The molecule has 204 valence electrons. The number of hydrogen-bond acceptors (Lipinski definition) is 6. The first-order chi connectivity index (χ1) is 17.6. The summed E-state index contributed by atoms with van der Waals surface area (Å²) in [6.07, 6.45) is 6.91. The Morgan fingerprint density at radius 3 is 2.43 bits per heavy atom. The zero-order chi connectivity index (χ0) is 26.6. The zero-order valence-electron chi connectivity index (χ0n) is 22.3. The van der Waals surface area contributed by atoms with Crippen LogP contribution in [0.15, 0.2) is 17.1 Å². The number of amides is 2. The number of piperidine rings is 1. The zero-order valence-corrected chi connectivity index (χ0v) is 23.1. The van der Waals surface area contributed by atoms with E-state index in [9.17, 15) is 18.0 Å². The molecule has 0 atom stereocenters. The molecule has 2 amide bonds. The SMILES string of the molecule is COCCNC(=O)c1cc(C)c(CCS(=O)(=O)N2CCC3(CC2)N=C(C2CCCCC2)NC3=O)c(C)c1. The van der Waals surface area contributed by atoms with Gasteiger partial charge in [0.25, 0.3) is 11.8 Å². The molecule has 0 bridgehead atoms. The minimum Gasteiger partial charge on any atom is -0.383 e. The van der Waals surface area contributed by atoms with Crippen molar-refractivity contribution in [1.29, 1.82) is 0 Å². The van der Waals surface area contributed by atoms with Crippen molar-refractivity contribution in [3.63, 3.8) is 0 Å². The lowest BCUT2D eigenvalue weighted by molar-refractivity contribution is -0.125. The number of aliphatic imine (C=N–C) groups is 1. The van der Waals surface area contributed by atoms with Crippen LogP contribution in [0.1, 0.15) is 72.0 Å². The molecule has 2 heterocycles. The topological polar surface area (TPSA) is 117 Å². The summed E-state index contributed by atoms with van der Waals surface area (Å²) in [5.74, 6) is 0.901. The third kappa shape index (κ3) is 6.23. The predicted molar refractivity (Wildman–Crippen MR) is 143 cm³/mol. The third-order valence-corrected chi connectivity index (χ3v) is 9.97. The fourth-order valence-electron chi connectivity index (χ4n) is 5.83. The molecule has 37 heavy (non-hydrogen) atoms. The number of methoxy groups -OCH3 is 1. The van der Waals surface area contributed by atoms with Gasteiger partial charge in [0.05, 0.1) is 12.4 Å². The van der Waals surface area contributed by atoms with Gasteiger partial charge in [-0.05, 0) is 74.8 Å². The molecule has 2 fully saturated rings. The second-order valence-electron chi connectivity index (χ2n) is 10.6. The number of amidine groups is 1. The van der Waals surface area contributed by atoms with Crippen molar-refractivity contribution in [3.05, 3.63) is 34.4 Å². The second-order valence-corrected chi connectivity index (χ2v) is 12.7. The Labute approximate surface area is 220 Å². The largest absolute Gasteiger partial charge is 0.383 e. The Balaban J connectivity index is 1.36. The lowest BCUT2D eigenvalue weighted by atomic mass is 9.88. The minimum absolute atomic E-state index is 0.0101. The maximum Gasteiger partial charge on any atom is 0.253 e. The predicted octanol–water partition coefficient (Wildman–Crippen LogP) is 2.50. The van der Waals surface area contributed by atoms with Crippen LogP contribution in [0.4, 0.5) is 0 Å². The average molecular weight is 533 g/mol. The maximum atomic E-state index is 13.2. The van der Waals surface area contributed by atoms with E-state index in [1.54, 1.807) is 7.11 Å². The molecule has 4 rings (SSSR count). The van der Waals surface area contributed by atoms with E-state index >= 15 is 0 Å². The first kappa shape index (κ1) is 27.7. The number of aryl methyl sites for hydroxylation is 2. The Hall–Kier alpha value is -2.30. The highest BCUT2D eigenvalue weighted by atomic mass is 32.2. The molecule has 2 N–H and O–H groups in total. The smallest absolute Gasteiger partial charge is 0.253 e. The van der Waals surface area contributed by atoms with Crippen molar-refractivity contribution >= 4 is 27.7 Å². The van der Waals surface area contributed by atoms with Gasteiger partial charge < -0.3 is 15.4 Å². The maximum absolute atomic E-state index is 13.2. The molecule has 10 heteroatoms. The van der Waals surface area contributed by atoms with E-state index in [1.807, 2.05) is 26.0 Å². The van der Waals surface area contributed by atoms with Gasteiger partial charge in [-0.1, -0.05) is 19.3 Å². The van der Waals surface area contributed by atoms with Gasteiger partial charge >= 0.3 is 0 Å². The average Bonchev–Trinajstić information content (AvgIpc) is 3.19. The molecule has 3 aliphatic rings. The number of sulfonamides is 1. The van der Waals surface area contributed by atoms with E-state index in [2.05, 4.69) is 10.6 Å². The van der Waals surface area contributed by atoms with Crippen molar-refractivity contribution < 1.29 is 22.7 Å². The molecule has 1 aliphatic carbocycles. The van der Waals surface area contributed by atoms with Crippen LogP contribution in [-0.2, 0) is 26.0 Å². The van der Waals surface area contributed by atoms with Crippen LogP contribution in [0.5, 0.6) is 0 Å². The molecule has 1 aromatic rings. The van der Waals surface area contributed by atoms with Crippen LogP contribution in [-0.4, -0.2) is 75.0 Å². The fourth-order valence-corrected chi connectivity index (χ4v) is 7.29. The number of hydrogen-bond donors (Lipinski definition) is 2. The molecule has 1 saturated heterocycles. The van der Waals surface area contributed by atoms with E-state index in [-0.39, 0.29) is 17.6 Å². The molecule has 1 aromatic carbocycles. The summed E-state index contributed by atoms with van der Waals surface area (Å²) < 4.78 is 32.9. The van der Waals surface area contributed by atoms with Crippen LogP contribution >= 0.6 is 0 Å². The number of carbonyl (C=O) groups is 2. The van der Waals surface area contributed by atoms with Crippen molar-refractivity contribution in [2.24, 2.45) is 10.9 Å². The summed E-state index contributed by atoms with van der Waals surface area (Å²) in [4.78, 5) is 30.1. The number of nitrogens with one attached hydrogen (secondary N) is 2. The van der Waals surface area contributed by atoms with Crippen LogP contribution in [0, 0.1) is 19.8 Å². The second kappa shape index (κ2) is 11.6. The number of nitrogens with zero attached hydrogens (tertiary/aromatic N) is 2. The minimum atomic E-state index is -3.49. The number of carbonyl (C=O) groups excluding carboxylic acids is 2. The third-order valence-electron chi connectivity index (χ3n) is 8.09. The van der Waals surface area contributed by atoms with Gasteiger partial charge in [-0.2, -0.15) is 0 Å². The fraction of sp³-hybridized carbons (Fsp3) is 0.667. The molecule has 0 aromatic heterocycles. The van der Waals surface area contributed by atoms with Gasteiger partial charge in [0.15, 0.2) is 0 Å². The van der Waals surface area contributed by atoms with E-state index in [0.717, 1.165) is 35.4 Å². The first-order valence-electron chi connectivity index (χ1n) is 13.4. The summed E-state index contributed by atoms with van der Waals surface area (Å²) in [6, 6.07) is 3.62. The summed E-state index contributed by atoms with van der Waals surface area (Å²) in [5.41, 5.74) is 2.49. The highest BCUT2D eigenvalue weighted by molar-refractivity contribution is 7.89. The molecule has 0 radical (unpaired) electrons. The summed E-state index contributed by atoms with van der Waals surface area (Å²) >= 11 is 0. The summed E-state index contributed by atoms with van der Waals surface area (Å²) in [5, 5.41) is 5.85. The van der Waals surface area contributed by atoms with Crippen LogP contribution < -0.4 is 10.6 Å². The molecular weight excluding hydrogens is 492 g/mol. The van der Waals surface area contributed by atoms with Crippen molar-refractivity contribution in [2.45, 2.75) is 70.8 Å². The molecule has 0 unspecified atom stereocenters. The molecule has 2 aliphatic heterocycles. The van der Waals surface area contributed by atoms with Gasteiger partial charge in [-0.25, -0.2) is 12.7 Å². The van der Waals surface area contributed by atoms with Gasteiger partial charge in [0.1, 0.15) is 11.4 Å². The standard InChI is InChI=1S/C27H40N4O5S/c1-19-17-22(25(32)28-12-15-36-3)18-20(2)23(19)9-16-37(34,35)31-13-10-27(11-14-31)26(33)29-24(30-27)21-7-5-4-6-8-21/h17-18,21H,4-16H2,1-3H3,(H,28,32)(H,29,30,33). The van der Waals surface area contributed by atoms with Crippen LogP contribution in [0.25, 0.3) is 0 Å². The quantitative estimate of drug-likeness (QED) is 0.474. The van der Waals surface area contributed by atoms with Crippen molar-refractivity contribution in [2.75, 3.05) is 39.1 Å². The number of ether oxygens (including phenoxy) is 1. The summed E-state index contributed by atoms with van der Waals surface area (Å²) in [6.45, 7) is 5.29. The lowest BCUT2D eigenvalue weighted by Gasteiger charge is -2.34. The van der Waals surface area contributed by atoms with Crippen LogP contribution in [0.2, 0.25) is 0 Å². The van der Waals surface area contributed by atoms with Gasteiger partial charge in [0.2, 0.25) is 10.0 Å². The van der Waals surface area contributed by atoms with Crippen LogP contribution in [0.3, 0.4) is 0 Å². The number of rotatable bonds is 9. The molecule has 1 saturated carbocycles. The Kier molecular flexibility index (Phi) is 8.70. The van der Waals surface area contributed by atoms with E-state index in [1.165, 1.54) is 23.6 Å². The highest BCUT2D eigenvalue weighted by Crippen LogP contribution is 2.35. The lowest BCUT2D eigenvalue weighted by Crippen LogP contribution is -2.51. The van der Waals surface area contributed by atoms with Crippen molar-refractivity contribution in [1.82, 2.24) is 14.9 Å². The van der Waals surface area contributed by atoms with Gasteiger partial charge in [0, 0.05) is 38.2 Å².